The highest BCUT2D eigenvalue weighted by Crippen LogP contribution is 2.35. The summed E-state index contributed by atoms with van der Waals surface area (Å²) in [7, 11) is 0. The van der Waals surface area contributed by atoms with Crippen LogP contribution in [0, 0.1) is 12.7 Å². The Morgan fingerprint density at radius 3 is 2.62 bits per heavy atom. The first kappa shape index (κ1) is 16.1. The zero-order valence-electron chi connectivity index (χ0n) is 14.0. The number of halogens is 1. The van der Waals surface area contributed by atoms with Gasteiger partial charge >= 0.3 is 0 Å². The molecule has 4 nitrogen and oxygen atoms in total. The minimum atomic E-state index is -0.288. The maximum absolute atomic E-state index is 12.9. The number of ether oxygens (including phenoxy) is 2. The number of hydrogen-bond acceptors (Lipinski definition) is 4. The van der Waals surface area contributed by atoms with Gasteiger partial charge in [-0.25, -0.2) is 4.39 Å². The molecule has 2 heterocycles. The lowest BCUT2D eigenvalue weighted by Crippen LogP contribution is -1.97. The number of Topliss-reactive ketones (excluding diaryl/α,β-unsaturated/α-hetero) is 1. The number of fused-ring (bicyclic) bond motifs is 1. The van der Waals surface area contributed by atoms with Crippen LogP contribution in [0.5, 0.6) is 11.5 Å². The van der Waals surface area contributed by atoms with Gasteiger partial charge < -0.3 is 13.9 Å². The standard InChI is InChI=1S/C21H15FO4/c1-13-2-7-17(25-13)11-20-21(23)18-9-8-16(10-19(18)26-20)24-12-14-3-5-15(22)6-4-14/h2-11H,12H2,1H3/b20-11-. The highest BCUT2D eigenvalue weighted by molar-refractivity contribution is 6.14. The highest BCUT2D eigenvalue weighted by atomic mass is 19.1. The predicted molar refractivity (Wildman–Crippen MR) is 93.6 cm³/mol. The Kier molecular flexibility index (Phi) is 4.05. The van der Waals surface area contributed by atoms with Crippen molar-refractivity contribution in [3.8, 4) is 11.5 Å². The average Bonchev–Trinajstić information content (AvgIpc) is 3.18. The molecule has 0 spiro atoms. The Labute approximate surface area is 149 Å². The van der Waals surface area contributed by atoms with Crippen LogP contribution >= 0.6 is 0 Å². The van der Waals surface area contributed by atoms with Gasteiger partial charge in [0.2, 0.25) is 5.78 Å². The summed E-state index contributed by atoms with van der Waals surface area (Å²) in [6.07, 6.45) is 1.58. The molecule has 1 aliphatic rings. The normalized spacial score (nSPS) is 14.4. The molecule has 0 saturated heterocycles. The Bertz CT molecular complexity index is 999. The average molecular weight is 350 g/mol. The Morgan fingerprint density at radius 1 is 1.08 bits per heavy atom. The van der Waals surface area contributed by atoms with Crippen molar-refractivity contribution in [2.24, 2.45) is 0 Å². The molecule has 130 valence electrons. The number of hydrogen-bond donors (Lipinski definition) is 0. The van der Waals surface area contributed by atoms with Crippen LogP contribution in [-0.2, 0) is 6.61 Å². The largest absolute Gasteiger partial charge is 0.489 e. The van der Waals surface area contributed by atoms with Gasteiger partial charge in [0.05, 0.1) is 5.56 Å². The Hall–Kier alpha value is -3.34. The first-order chi connectivity index (χ1) is 12.6. The zero-order valence-corrected chi connectivity index (χ0v) is 14.0. The number of benzene rings is 2. The van der Waals surface area contributed by atoms with Gasteiger partial charge in [-0.05, 0) is 48.9 Å². The zero-order chi connectivity index (χ0) is 18.1. The summed E-state index contributed by atoms with van der Waals surface area (Å²) >= 11 is 0. The molecule has 3 aromatic rings. The van der Waals surface area contributed by atoms with E-state index in [1.165, 1.54) is 12.1 Å². The molecule has 2 aromatic carbocycles. The van der Waals surface area contributed by atoms with Gasteiger partial charge in [-0.1, -0.05) is 12.1 Å². The van der Waals surface area contributed by atoms with E-state index in [1.807, 2.05) is 13.0 Å². The molecule has 1 aliphatic heterocycles. The van der Waals surface area contributed by atoms with E-state index in [0.717, 1.165) is 11.3 Å². The summed E-state index contributed by atoms with van der Waals surface area (Å²) in [4.78, 5) is 12.4. The highest BCUT2D eigenvalue weighted by Gasteiger charge is 2.28. The van der Waals surface area contributed by atoms with Crippen molar-refractivity contribution >= 4 is 11.9 Å². The summed E-state index contributed by atoms with van der Waals surface area (Å²) in [5.74, 6) is 2.06. The van der Waals surface area contributed by atoms with Crippen molar-refractivity contribution in [1.82, 2.24) is 0 Å². The Morgan fingerprint density at radius 2 is 1.88 bits per heavy atom. The van der Waals surface area contributed by atoms with Crippen molar-refractivity contribution in [3.05, 3.63) is 88.8 Å². The second kappa shape index (κ2) is 6.52. The van der Waals surface area contributed by atoms with Crippen LogP contribution in [0.1, 0.15) is 27.4 Å². The van der Waals surface area contributed by atoms with E-state index in [2.05, 4.69) is 0 Å². The summed E-state index contributed by atoms with van der Waals surface area (Å²) in [6.45, 7) is 2.13. The minimum Gasteiger partial charge on any atom is -0.489 e. The summed E-state index contributed by atoms with van der Waals surface area (Å²) in [5, 5.41) is 0. The molecule has 0 atom stereocenters. The molecule has 0 unspecified atom stereocenters. The number of allylic oxidation sites excluding steroid dienone is 1. The van der Waals surface area contributed by atoms with Crippen LogP contribution in [0.4, 0.5) is 4.39 Å². The van der Waals surface area contributed by atoms with E-state index in [0.29, 0.717) is 29.4 Å². The molecule has 0 radical (unpaired) electrons. The van der Waals surface area contributed by atoms with Crippen molar-refractivity contribution in [2.75, 3.05) is 0 Å². The van der Waals surface area contributed by atoms with Gasteiger partial charge in [0.25, 0.3) is 0 Å². The number of aryl methyl sites for hydroxylation is 1. The summed E-state index contributed by atoms with van der Waals surface area (Å²) in [6, 6.07) is 14.7. The van der Waals surface area contributed by atoms with Crippen LogP contribution in [-0.4, -0.2) is 5.78 Å². The third-order valence-electron chi connectivity index (χ3n) is 3.99. The molecule has 0 amide bonds. The van der Waals surface area contributed by atoms with Crippen LogP contribution in [0.25, 0.3) is 6.08 Å². The molecule has 1 aromatic heterocycles. The van der Waals surface area contributed by atoms with E-state index < -0.39 is 0 Å². The number of furan rings is 1. The molecule has 26 heavy (non-hydrogen) atoms. The maximum Gasteiger partial charge on any atom is 0.232 e. The van der Waals surface area contributed by atoms with E-state index in [9.17, 15) is 9.18 Å². The number of ketones is 1. The van der Waals surface area contributed by atoms with E-state index in [1.54, 1.807) is 42.5 Å². The molecule has 0 N–H and O–H groups in total. The fraction of sp³-hybridized carbons (Fsp3) is 0.0952. The fourth-order valence-corrected chi connectivity index (χ4v) is 2.66. The number of rotatable bonds is 4. The van der Waals surface area contributed by atoms with Gasteiger partial charge in [0, 0.05) is 12.1 Å². The number of carbonyl (C=O) groups is 1. The summed E-state index contributed by atoms with van der Waals surface area (Å²) in [5.41, 5.74) is 1.33. The maximum atomic E-state index is 12.9. The van der Waals surface area contributed by atoms with E-state index in [4.69, 9.17) is 13.9 Å². The third kappa shape index (κ3) is 3.24. The van der Waals surface area contributed by atoms with Gasteiger partial charge in [0.15, 0.2) is 5.76 Å². The third-order valence-corrected chi connectivity index (χ3v) is 3.99. The molecule has 5 heteroatoms. The molecule has 0 aliphatic carbocycles. The quantitative estimate of drug-likeness (QED) is 0.627. The van der Waals surface area contributed by atoms with Crippen molar-refractivity contribution in [1.29, 1.82) is 0 Å². The van der Waals surface area contributed by atoms with Gasteiger partial charge in [-0.2, -0.15) is 0 Å². The predicted octanol–water partition coefficient (Wildman–Crippen LogP) is 4.92. The van der Waals surface area contributed by atoms with Crippen LogP contribution < -0.4 is 9.47 Å². The van der Waals surface area contributed by atoms with Gasteiger partial charge in [-0.15, -0.1) is 0 Å². The molecular weight excluding hydrogens is 335 g/mol. The number of carbonyl (C=O) groups excluding carboxylic acids is 1. The lowest BCUT2D eigenvalue weighted by atomic mass is 10.1. The van der Waals surface area contributed by atoms with Gasteiger partial charge in [-0.3, -0.25) is 4.79 Å². The van der Waals surface area contributed by atoms with E-state index >= 15 is 0 Å². The molecule has 4 rings (SSSR count). The molecule has 0 saturated carbocycles. The van der Waals surface area contributed by atoms with Gasteiger partial charge in [0.1, 0.15) is 35.4 Å². The Balaban J connectivity index is 1.50. The monoisotopic (exact) mass is 350 g/mol. The van der Waals surface area contributed by atoms with Crippen LogP contribution in [0.3, 0.4) is 0 Å². The van der Waals surface area contributed by atoms with Crippen LogP contribution in [0.2, 0.25) is 0 Å². The fourth-order valence-electron chi connectivity index (χ4n) is 2.66. The van der Waals surface area contributed by atoms with Crippen molar-refractivity contribution in [3.63, 3.8) is 0 Å². The van der Waals surface area contributed by atoms with Crippen molar-refractivity contribution in [2.45, 2.75) is 13.5 Å². The minimum absolute atomic E-state index is 0.195. The lowest BCUT2D eigenvalue weighted by molar-refractivity contribution is 0.101. The molecule has 0 fully saturated rings. The topological polar surface area (TPSA) is 48.7 Å². The van der Waals surface area contributed by atoms with Crippen LogP contribution in [0.15, 0.2) is 64.8 Å². The lowest BCUT2D eigenvalue weighted by Gasteiger charge is -2.07. The second-order valence-corrected chi connectivity index (χ2v) is 5.96. The van der Waals surface area contributed by atoms with E-state index in [-0.39, 0.29) is 17.4 Å². The van der Waals surface area contributed by atoms with Crippen molar-refractivity contribution < 1.29 is 23.1 Å². The summed E-state index contributed by atoms with van der Waals surface area (Å²) < 4.78 is 29.7. The first-order valence-corrected chi connectivity index (χ1v) is 8.10. The second-order valence-electron chi connectivity index (χ2n) is 5.96. The first-order valence-electron chi connectivity index (χ1n) is 8.10. The molecule has 0 bridgehead atoms. The molecular formula is C21H15FO4. The SMILES string of the molecule is Cc1ccc(/C=C2\Oc3cc(OCc4ccc(F)cc4)ccc3C2=O)o1. The smallest absolute Gasteiger partial charge is 0.232 e.